The third-order valence-electron chi connectivity index (χ3n) is 6.13. The van der Waals surface area contributed by atoms with Gasteiger partial charge in [-0.2, -0.15) is 0 Å². The predicted molar refractivity (Wildman–Crippen MR) is 101 cm³/mol. The first-order valence-electron chi connectivity index (χ1n) is 10.6. The van der Waals surface area contributed by atoms with Gasteiger partial charge in [0, 0.05) is 58.8 Å². The summed E-state index contributed by atoms with van der Waals surface area (Å²) in [6.45, 7) is 4.41. The fourth-order valence-electron chi connectivity index (χ4n) is 4.13. The average molecular weight is 361 g/mol. The van der Waals surface area contributed by atoms with Crippen LogP contribution in [0.4, 0.5) is 4.39 Å². The number of alkyl halides is 1. The SMILES string of the molecule is [3H]C1CC(F)CCN1Cc1ccc(C(=O)N2CCN(C3CCC3)CC2)cc1. The Kier molecular flexibility index (Phi) is 5.17. The van der Waals surface area contributed by atoms with Crippen molar-refractivity contribution in [3.63, 3.8) is 0 Å². The van der Waals surface area contributed by atoms with Gasteiger partial charge in [0.1, 0.15) is 6.17 Å². The smallest absolute Gasteiger partial charge is 0.253 e. The van der Waals surface area contributed by atoms with Crippen LogP contribution in [0, 0.1) is 0 Å². The first-order chi connectivity index (χ1) is 13.1. The van der Waals surface area contributed by atoms with Crippen molar-refractivity contribution in [3.05, 3.63) is 35.4 Å². The molecular formula is C21H30FN3O. The predicted octanol–water partition coefficient (Wildman–Crippen LogP) is 2.93. The number of likely N-dealkylation sites (tertiary alicyclic amines) is 1. The molecule has 0 radical (unpaired) electrons. The number of nitrogens with zero attached hydrogens (tertiary/aromatic N) is 3. The van der Waals surface area contributed by atoms with Crippen molar-refractivity contribution in [2.24, 2.45) is 0 Å². The zero-order chi connectivity index (χ0) is 18.8. The summed E-state index contributed by atoms with van der Waals surface area (Å²) in [5, 5.41) is 0. The molecular weight excluding hydrogens is 329 g/mol. The van der Waals surface area contributed by atoms with Crippen molar-refractivity contribution in [2.45, 2.75) is 50.9 Å². The lowest BCUT2D eigenvalue weighted by Crippen LogP contribution is -2.53. The van der Waals surface area contributed by atoms with Gasteiger partial charge in [-0.05, 0) is 43.4 Å². The van der Waals surface area contributed by atoms with Crippen molar-refractivity contribution < 1.29 is 10.6 Å². The van der Waals surface area contributed by atoms with Crippen LogP contribution < -0.4 is 0 Å². The van der Waals surface area contributed by atoms with E-state index in [0.717, 1.165) is 43.3 Å². The number of hydrogen-bond donors (Lipinski definition) is 0. The Morgan fingerprint density at radius 2 is 1.77 bits per heavy atom. The van der Waals surface area contributed by atoms with E-state index in [9.17, 15) is 9.18 Å². The second-order valence-corrected chi connectivity index (χ2v) is 7.88. The van der Waals surface area contributed by atoms with Gasteiger partial charge >= 0.3 is 0 Å². The number of amides is 1. The molecule has 3 fully saturated rings. The Hall–Kier alpha value is -1.46. The van der Waals surface area contributed by atoms with E-state index in [1.165, 1.54) is 19.3 Å². The highest BCUT2D eigenvalue weighted by Gasteiger charge is 2.29. The molecule has 1 aromatic rings. The standard InChI is InChI=1S/C21H30FN3O/c22-19-8-10-23(11-9-19)16-17-4-6-18(7-5-17)21(26)25-14-12-24(13-15-25)20-2-1-3-20/h4-7,19-20H,1-3,8-16H2/i10T. The molecule has 2 aliphatic heterocycles. The van der Waals surface area contributed by atoms with Gasteiger partial charge in [-0.1, -0.05) is 18.6 Å². The van der Waals surface area contributed by atoms with E-state index >= 15 is 0 Å². The molecule has 1 amide bonds. The van der Waals surface area contributed by atoms with Gasteiger partial charge in [-0.3, -0.25) is 14.6 Å². The molecule has 3 aliphatic rings. The van der Waals surface area contributed by atoms with Gasteiger partial charge in [0.2, 0.25) is 0 Å². The highest BCUT2D eigenvalue weighted by molar-refractivity contribution is 5.94. The van der Waals surface area contributed by atoms with Crippen molar-refractivity contribution in [2.75, 3.05) is 39.2 Å². The van der Waals surface area contributed by atoms with E-state index in [4.69, 9.17) is 1.37 Å². The third-order valence-corrected chi connectivity index (χ3v) is 6.13. The van der Waals surface area contributed by atoms with Crippen molar-refractivity contribution >= 4 is 5.91 Å². The minimum absolute atomic E-state index is 0.117. The van der Waals surface area contributed by atoms with Crippen LogP contribution in [0.2, 0.25) is 0 Å². The summed E-state index contributed by atoms with van der Waals surface area (Å²) in [5.41, 5.74) is 1.82. The van der Waals surface area contributed by atoms with Gasteiger partial charge in [-0.15, -0.1) is 0 Å². The summed E-state index contributed by atoms with van der Waals surface area (Å²) in [6, 6.07) is 8.51. The lowest BCUT2D eigenvalue weighted by atomic mass is 9.91. The monoisotopic (exact) mass is 361 g/mol. The van der Waals surface area contributed by atoms with E-state index in [1.807, 2.05) is 34.1 Å². The molecule has 142 valence electrons. The molecule has 0 aromatic heterocycles. The van der Waals surface area contributed by atoms with Crippen LogP contribution >= 0.6 is 0 Å². The maximum absolute atomic E-state index is 13.4. The molecule has 26 heavy (non-hydrogen) atoms. The zero-order valence-electron chi connectivity index (χ0n) is 16.4. The van der Waals surface area contributed by atoms with Crippen LogP contribution in [-0.4, -0.2) is 72.1 Å². The second kappa shape index (κ2) is 8.05. The topological polar surface area (TPSA) is 26.8 Å². The molecule has 2 saturated heterocycles. The Labute approximate surface area is 157 Å². The number of benzene rings is 1. The molecule has 2 unspecified atom stereocenters. The largest absolute Gasteiger partial charge is 0.336 e. The van der Waals surface area contributed by atoms with E-state index in [-0.39, 0.29) is 5.91 Å². The Bertz CT molecular complexity index is 643. The number of piperazine rings is 1. The Morgan fingerprint density at radius 1 is 1.04 bits per heavy atom. The maximum atomic E-state index is 13.4. The number of rotatable bonds is 4. The van der Waals surface area contributed by atoms with Gasteiger partial charge in [0.25, 0.3) is 5.91 Å². The fourth-order valence-corrected chi connectivity index (χ4v) is 4.13. The number of carbonyl (C=O) groups is 1. The van der Waals surface area contributed by atoms with Gasteiger partial charge < -0.3 is 4.90 Å². The second-order valence-electron chi connectivity index (χ2n) is 7.88. The summed E-state index contributed by atoms with van der Waals surface area (Å²) < 4.78 is 21.4. The number of piperidine rings is 1. The maximum Gasteiger partial charge on any atom is 0.253 e. The third kappa shape index (κ3) is 4.09. The molecule has 0 N–H and O–H groups in total. The van der Waals surface area contributed by atoms with Crippen molar-refractivity contribution in [3.8, 4) is 0 Å². The van der Waals surface area contributed by atoms with Crippen LogP contribution in [0.5, 0.6) is 0 Å². The molecule has 1 aliphatic carbocycles. The Balaban J connectivity index is 1.30. The summed E-state index contributed by atoms with van der Waals surface area (Å²) in [7, 11) is 0. The van der Waals surface area contributed by atoms with Crippen LogP contribution in [0.25, 0.3) is 0 Å². The van der Waals surface area contributed by atoms with Crippen LogP contribution in [-0.2, 0) is 6.54 Å². The molecule has 0 bridgehead atoms. The van der Waals surface area contributed by atoms with Gasteiger partial charge in [-0.25, -0.2) is 4.39 Å². The summed E-state index contributed by atoms with van der Waals surface area (Å²) >= 11 is 0. The normalized spacial score (nSPS) is 29.3. The fraction of sp³-hybridized carbons (Fsp3) is 0.667. The van der Waals surface area contributed by atoms with E-state index in [1.54, 1.807) is 0 Å². The van der Waals surface area contributed by atoms with Crippen LogP contribution in [0.15, 0.2) is 24.3 Å². The minimum Gasteiger partial charge on any atom is -0.336 e. The molecule has 1 saturated carbocycles. The minimum atomic E-state index is -0.839. The molecule has 4 rings (SSSR count). The Morgan fingerprint density at radius 3 is 2.38 bits per heavy atom. The van der Waals surface area contributed by atoms with Crippen molar-refractivity contribution in [1.29, 1.82) is 0 Å². The highest BCUT2D eigenvalue weighted by atomic mass is 19.1. The van der Waals surface area contributed by atoms with E-state index < -0.39 is 12.7 Å². The molecule has 5 heteroatoms. The quantitative estimate of drug-likeness (QED) is 0.825. The lowest BCUT2D eigenvalue weighted by molar-refractivity contribution is 0.0455. The lowest BCUT2D eigenvalue weighted by Gasteiger charge is -2.42. The average Bonchev–Trinajstić information content (AvgIpc) is 2.63. The highest BCUT2D eigenvalue weighted by Crippen LogP contribution is 2.26. The van der Waals surface area contributed by atoms with E-state index in [0.29, 0.717) is 25.9 Å². The molecule has 1 aromatic carbocycles. The molecule has 4 nitrogen and oxygen atoms in total. The van der Waals surface area contributed by atoms with Crippen molar-refractivity contribution in [1.82, 2.24) is 14.7 Å². The van der Waals surface area contributed by atoms with Crippen LogP contribution in [0.1, 0.15) is 49.4 Å². The van der Waals surface area contributed by atoms with E-state index in [2.05, 4.69) is 4.90 Å². The first-order valence-corrected chi connectivity index (χ1v) is 10.0. The number of hydrogen-bond acceptors (Lipinski definition) is 3. The summed E-state index contributed by atoms with van der Waals surface area (Å²) in [5.74, 6) is 0.117. The van der Waals surface area contributed by atoms with Gasteiger partial charge in [0.05, 0.1) is 0 Å². The summed E-state index contributed by atoms with van der Waals surface area (Å²) in [6.07, 6.45) is 3.95. The number of carbonyl (C=O) groups excluding carboxylic acids is 1. The molecule has 0 spiro atoms. The first kappa shape index (κ1) is 16.7. The molecule has 2 heterocycles. The van der Waals surface area contributed by atoms with Gasteiger partial charge in [0.15, 0.2) is 0 Å². The summed E-state index contributed by atoms with van der Waals surface area (Å²) in [4.78, 5) is 19.3. The molecule has 2 atom stereocenters. The van der Waals surface area contributed by atoms with Crippen LogP contribution in [0.3, 0.4) is 0 Å². The number of halogens is 1. The zero-order valence-corrected chi connectivity index (χ0v) is 15.4.